The fourth-order valence-electron chi connectivity index (χ4n) is 1.57. The summed E-state index contributed by atoms with van der Waals surface area (Å²) in [5.41, 5.74) is 0. The van der Waals surface area contributed by atoms with Crippen LogP contribution < -0.4 is 0 Å². The molecule has 0 aromatic heterocycles. The highest BCUT2D eigenvalue weighted by Gasteiger charge is 2.32. The molecule has 1 heterocycles. The number of carbonyl (C=O) groups is 1. The lowest BCUT2D eigenvalue weighted by atomic mass is 9.98. The normalized spacial score (nSPS) is 21.4. The highest BCUT2D eigenvalue weighted by atomic mass is 16.4. The van der Waals surface area contributed by atoms with Crippen molar-refractivity contribution in [3.05, 3.63) is 12.7 Å². The molecule has 1 fully saturated rings. The molecule has 1 saturated heterocycles. The van der Waals surface area contributed by atoms with E-state index in [1.165, 1.54) is 0 Å². The van der Waals surface area contributed by atoms with Gasteiger partial charge in [0.25, 0.3) is 0 Å². The number of aliphatic carboxylic acids is 1. The Labute approximate surface area is 72.7 Å². The monoisotopic (exact) mass is 169 g/mol. The van der Waals surface area contributed by atoms with Gasteiger partial charge < -0.3 is 5.11 Å². The Balaban J connectivity index is 2.43. The summed E-state index contributed by atoms with van der Waals surface area (Å²) in [5.74, 6) is -0.0848. The van der Waals surface area contributed by atoms with Crippen LogP contribution in [-0.2, 0) is 4.79 Å². The van der Waals surface area contributed by atoms with Crippen molar-refractivity contribution in [1.82, 2.24) is 4.90 Å². The lowest BCUT2D eigenvalue weighted by Crippen LogP contribution is -2.53. The van der Waals surface area contributed by atoms with Gasteiger partial charge in [0.1, 0.15) is 6.04 Å². The van der Waals surface area contributed by atoms with Gasteiger partial charge in [0.05, 0.1) is 0 Å². The molecule has 0 aromatic rings. The summed E-state index contributed by atoms with van der Waals surface area (Å²) in [6.45, 7) is 7.50. The van der Waals surface area contributed by atoms with Crippen LogP contribution in [0.2, 0.25) is 0 Å². The number of nitrogens with zero attached hydrogens (tertiary/aromatic N) is 1. The molecule has 0 aromatic carbocycles. The minimum absolute atomic E-state index is 0.348. The highest BCUT2D eigenvalue weighted by molar-refractivity contribution is 5.73. The zero-order chi connectivity index (χ0) is 9.14. The van der Waals surface area contributed by atoms with Crippen LogP contribution in [0.1, 0.15) is 13.3 Å². The Morgan fingerprint density at radius 3 is 2.75 bits per heavy atom. The summed E-state index contributed by atoms with van der Waals surface area (Å²) in [6, 6.07) is -0.348. The van der Waals surface area contributed by atoms with Crippen molar-refractivity contribution in [1.29, 1.82) is 0 Å². The fourth-order valence-corrected chi connectivity index (χ4v) is 1.57. The highest BCUT2D eigenvalue weighted by Crippen LogP contribution is 2.19. The van der Waals surface area contributed by atoms with Crippen LogP contribution in [0, 0.1) is 5.92 Å². The van der Waals surface area contributed by atoms with Gasteiger partial charge >= 0.3 is 5.97 Å². The minimum Gasteiger partial charge on any atom is -0.480 e. The Morgan fingerprint density at radius 2 is 2.42 bits per heavy atom. The molecule has 0 saturated carbocycles. The lowest BCUT2D eigenvalue weighted by molar-refractivity contribution is -0.145. The van der Waals surface area contributed by atoms with Crippen LogP contribution in [0.25, 0.3) is 0 Å². The number of carboxylic acid groups (broad SMARTS) is 1. The molecular formula is C9H15NO2. The molecule has 0 radical (unpaired) electrons. The maximum absolute atomic E-state index is 10.7. The van der Waals surface area contributed by atoms with Gasteiger partial charge in [-0.05, 0) is 12.3 Å². The van der Waals surface area contributed by atoms with E-state index in [2.05, 4.69) is 13.5 Å². The maximum Gasteiger partial charge on any atom is 0.321 e. The quantitative estimate of drug-likeness (QED) is 0.637. The van der Waals surface area contributed by atoms with Crippen molar-refractivity contribution in [3.63, 3.8) is 0 Å². The van der Waals surface area contributed by atoms with Crippen molar-refractivity contribution in [2.45, 2.75) is 19.4 Å². The molecule has 0 bridgehead atoms. The van der Waals surface area contributed by atoms with Crippen LogP contribution in [0.3, 0.4) is 0 Å². The van der Waals surface area contributed by atoms with E-state index >= 15 is 0 Å². The zero-order valence-corrected chi connectivity index (χ0v) is 7.36. The zero-order valence-electron chi connectivity index (χ0n) is 7.36. The third-order valence-corrected chi connectivity index (χ3v) is 2.21. The van der Waals surface area contributed by atoms with E-state index < -0.39 is 5.97 Å². The summed E-state index contributed by atoms with van der Waals surface area (Å²) in [7, 11) is 0. The average molecular weight is 169 g/mol. The first-order valence-corrected chi connectivity index (χ1v) is 4.23. The summed E-state index contributed by atoms with van der Waals surface area (Å²) >= 11 is 0. The van der Waals surface area contributed by atoms with Gasteiger partial charge in [0.15, 0.2) is 0 Å². The topological polar surface area (TPSA) is 40.5 Å². The minimum atomic E-state index is -0.734. The second-order valence-corrected chi connectivity index (χ2v) is 3.44. The molecule has 68 valence electrons. The van der Waals surface area contributed by atoms with E-state index in [0.717, 1.165) is 13.1 Å². The number of likely N-dealkylation sites (tertiary alicyclic amines) is 1. The molecule has 1 aliphatic rings. The predicted octanol–water partition coefficient (Wildman–Crippen LogP) is 0.967. The van der Waals surface area contributed by atoms with Gasteiger partial charge in [0, 0.05) is 13.1 Å². The fraction of sp³-hybridized carbons (Fsp3) is 0.667. The molecule has 0 spiro atoms. The van der Waals surface area contributed by atoms with E-state index in [1.54, 1.807) is 6.08 Å². The number of rotatable bonds is 4. The number of carboxylic acids is 1. The van der Waals surface area contributed by atoms with Crippen LogP contribution in [-0.4, -0.2) is 35.1 Å². The Kier molecular flexibility index (Phi) is 2.87. The Hall–Kier alpha value is -0.830. The molecule has 3 heteroatoms. The summed E-state index contributed by atoms with van der Waals surface area (Å²) in [6.07, 6.45) is 2.21. The van der Waals surface area contributed by atoms with Crippen molar-refractivity contribution in [2.24, 2.45) is 5.92 Å². The first-order chi connectivity index (χ1) is 5.65. The largest absolute Gasteiger partial charge is 0.480 e. The van der Waals surface area contributed by atoms with E-state index in [4.69, 9.17) is 5.11 Å². The van der Waals surface area contributed by atoms with Crippen molar-refractivity contribution in [3.8, 4) is 0 Å². The van der Waals surface area contributed by atoms with Gasteiger partial charge in [0.2, 0.25) is 0 Å². The third-order valence-electron chi connectivity index (χ3n) is 2.21. The summed E-state index contributed by atoms with van der Waals surface area (Å²) < 4.78 is 0. The van der Waals surface area contributed by atoms with Crippen molar-refractivity contribution >= 4 is 5.97 Å². The van der Waals surface area contributed by atoms with Gasteiger partial charge in [-0.3, -0.25) is 9.69 Å². The first-order valence-electron chi connectivity index (χ1n) is 4.23. The van der Waals surface area contributed by atoms with Crippen LogP contribution in [0.5, 0.6) is 0 Å². The van der Waals surface area contributed by atoms with Gasteiger partial charge in [-0.2, -0.15) is 0 Å². The van der Waals surface area contributed by atoms with E-state index in [-0.39, 0.29) is 6.04 Å². The molecule has 1 N–H and O–H groups in total. The standard InChI is InChI=1S/C9H15NO2/c1-3-4-8(9(11)12)10-5-7(2)6-10/h3,7-8H,1,4-6H2,2H3,(H,11,12). The molecule has 1 rings (SSSR count). The maximum atomic E-state index is 10.7. The second-order valence-electron chi connectivity index (χ2n) is 3.44. The SMILES string of the molecule is C=CCC(C(=O)O)N1CC(C)C1. The third kappa shape index (κ3) is 1.85. The van der Waals surface area contributed by atoms with Gasteiger partial charge in [-0.15, -0.1) is 6.58 Å². The van der Waals surface area contributed by atoms with Gasteiger partial charge in [-0.25, -0.2) is 0 Å². The Morgan fingerprint density at radius 1 is 1.83 bits per heavy atom. The predicted molar refractivity (Wildman–Crippen MR) is 47.0 cm³/mol. The summed E-state index contributed by atoms with van der Waals surface area (Å²) in [4.78, 5) is 12.7. The number of hydrogen-bond donors (Lipinski definition) is 1. The van der Waals surface area contributed by atoms with E-state index in [0.29, 0.717) is 12.3 Å². The van der Waals surface area contributed by atoms with Crippen LogP contribution in [0.15, 0.2) is 12.7 Å². The Bertz CT molecular complexity index is 185. The lowest BCUT2D eigenvalue weighted by Gasteiger charge is -2.40. The average Bonchev–Trinajstić information content (AvgIpc) is 1.94. The van der Waals surface area contributed by atoms with Gasteiger partial charge in [-0.1, -0.05) is 13.0 Å². The molecular weight excluding hydrogens is 154 g/mol. The molecule has 0 amide bonds. The van der Waals surface area contributed by atoms with E-state index in [1.807, 2.05) is 4.90 Å². The number of hydrogen-bond acceptors (Lipinski definition) is 2. The molecule has 0 aliphatic carbocycles. The van der Waals surface area contributed by atoms with Crippen molar-refractivity contribution < 1.29 is 9.90 Å². The van der Waals surface area contributed by atoms with Crippen LogP contribution >= 0.6 is 0 Å². The molecule has 1 atom stereocenters. The second kappa shape index (κ2) is 3.72. The van der Waals surface area contributed by atoms with E-state index in [9.17, 15) is 4.79 Å². The summed E-state index contributed by atoms with van der Waals surface area (Å²) in [5, 5.41) is 8.84. The van der Waals surface area contributed by atoms with Crippen molar-refractivity contribution in [2.75, 3.05) is 13.1 Å². The molecule has 3 nitrogen and oxygen atoms in total. The molecule has 12 heavy (non-hydrogen) atoms. The first kappa shape index (κ1) is 9.26. The van der Waals surface area contributed by atoms with Crippen LogP contribution in [0.4, 0.5) is 0 Å². The molecule has 1 unspecified atom stereocenters. The molecule has 1 aliphatic heterocycles. The smallest absolute Gasteiger partial charge is 0.321 e.